The minimum Gasteiger partial charge on any atom is -0.329 e. The summed E-state index contributed by atoms with van der Waals surface area (Å²) < 4.78 is 29.0. The Balaban J connectivity index is 2.12. The first-order chi connectivity index (χ1) is 9.16. The summed E-state index contributed by atoms with van der Waals surface area (Å²) in [6.07, 6.45) is 8.53. The Morgan fingerprint density at radius 2 is 1.58 bits per heavy atom. The fourth-order valence-electron chi connectivity index (χ4n) is 3.23. The highest BCUT2D eigenvalue weighted by Gasteiger charge is 2.35. The molecule has 112 valence electrons. The van der Waals surface area contributed by atoms with Gasteiger partial charge in [-0.2, -0.15) is 17.0 Å². The lowest BCUT2D eigenvalue weighted by Crippen LogP contribution is -2.49. The fraction of sp³-hybridized carbons (Fsp3) is 1.00. The normalized spacial score (nSPS) is 23.9. The first kappa shape index (κ1) is 15.2. The third-order valence-corrected chi connectivity index (χ3v) is 6.36. The molecule has 5 nitrogen and oxygen atoms in total. The molecule has 0 radical (unpaired) electrons. The molecule has 1 aliphatic carbocycles. The summed E-state index contributed by atoms with van der Waals surface area (Å²) in [6.45, 7) is 2.22. The van der Waals surface area contributed by atoms with E-state index >= 15 is 0 Å². The summed E-state index contributed by atoms with van der Waals surface area (Å²) in [5.41, 5.74) is 5.63. The van der Waals surface area contributed by atoms with Crippen molar-refractivity contribution in [2.45, 2.75) is 57.4 Å². The molecule has 6 heteroatoms. The molecule has 0 amide bonds. The Morgan fingerprint density at radius 3 is 2.11 bits per heavy atom. The number of nitrogens with zero attached hydrogens (tertiary/aromatic N) is 2. The maximum Gasteiger partial charge on any atom is 0.282 e. The van der Waals surface area contributed by atoms with Gasteiger partial charge in [-0.1, -0.05) is 25.7 Å². The Labute approximate surface area is 117 Å². The van der Waals surface area contributed by atoms with Crippen LogP contribution in [0.5, 0.6) is 0 Å². The van der Waals surface area contributed by atoms with Crippen molar-refractivity contribution in [3.8, 4) is 0 Å². The van der Waals surface area contributed by atoms with Gasteiger partial charge >= 0.3 is 0 Å². The molecule has 0 atom stereocenters. The highest BCUT2D eigenvalue weighted by molar-refractivity contribution is 7.86. The predicted octanol–water partition coefficient (Wildman–Crippen LogP) is 1.31. The van der Waals surface area contributed by atoms with E-state index in [2.05, 4.69) is 0 Å². The van der Waals surface area contributed by atoms with Crippen molar-refractivity contribution in [1.82, 2.24) is 8.61 Å². The summed E-state index contributed by atoms with van der Waals surface area (Å²) in [5.74, 6) is 0. The van der Waals surface area contributed by atoms with E-state index in [1.165, 1.54) is 0 Å². The van der Waals surface area contributed by atoms with Gasteiger partial charge in [0.05, 0.1) is 0 Å². The van der Waals surface area contributed by atoms with Crippen LogP contribution in [0.2, 0.25) is 0 Å². The second-order valence-electron chi connectivity index (χ2n) is 5.66. The number of hydrogen-bond acceptors (Lipinski definition) is 3. The third-order valence-electron chi connectivity index (χ3n) is 4.27. The van der Waals surface area contributed by atoms with Crippen LogP contribution in [-0.2, 0) is 10.2 Å². The molecule has 1 saturated carbocycles. The van der Waals surface area contributed by atoms with Crippen LogP contribution < -0.4 is 5.73 Å². The van der Waals surface area contributed by atoms with Crippen LogP contribution in [0.15, 0.2) is 0 Å². The molecule has 19 heavy (non-hydrogen) atoms. The summed E-state index contributed by atoms with van der Waals surface area (Å²) in [7, 11) is -3.31. The lowest BCUT2D eigenvalue weighted by Gasteiger charge is -2.32. The Kier molecular flexibility index (Phi) is 5.62. The Hall–Kier alpha value is -0.170. The van der Waals surface area contributed by atoms with Crippen LogP contribution in [0, 0.1) is 0 Å². The minimum absolute atomic E-state index is 0.178. The van der Waals surface area contributed by atoms with Gasteiger partial charge in [0, 0.05) is 32.2 Å². The summed E-state index contributed by atoms with van der Waals surface area (Å²) in [4.78, 5) is 0. The largest absolute Gasteiger partial charge is 0.329 e. The van der Waals surface area contributed by atoms with Crippen molar-refractivity contribution in [2.75, 3.05) is 26.2 Å². The number of nitrogens with two attached hydrogens (primary N) is 1. The van der Waals surface area contributed by atoms with Crippen LogP contribution in [0.3, 0.4) is 0 Å². The van der Waals surface area contributed by atoms with E-state index in [9.17, 15) is 8.42 Å². The predicted molar refractivity (Wildman–Crippen MR) is 77.0 cm³/mol. The van der Waals surface area contributed by atoms with E-state index in [4.69, 9.17) is 5.73 Å². The van der Waals surface area contributed by atoms with Gasteiger partial charge in [0.15, 0.2) is 0 Å². The van der Waals surface area contributed by atoms with Crippen molar-refractivity contribution in [2.24, 2.45) is 5.73 Å². The first-order valence-corrected chi connectivity index (χ1v) is 9.03. The maximum atomic E-state index is 12.8. The highest BCUT2D eigenvalue weighted by Crippen LogP contribution is 2.27. The smallest absolute Gasteiger partial charge is 0.282 e. The van der Waals surface area contributed by atoms with Gasteiger partial charge in [0.1, 0.15) is 0 Å². The zero-order valence-corrected chi connectivity index (χ0v) is 12.6. The quantitative estimate of drug-likeness (QED) is 0.830. The molecule has 2 N–H and O–H groups in total. The molecule has 2 fully saturated rings. The molecule has 0 spiro atoms. The van der Waals surface area contributed by atoms with E-state index < -0.39 is 10.2 Å². The molecule has 1 aliphatic heterocycles. The molecule has 0 aromatic carbocycles. The summed E-state index contributed by atoms with van der Waals surface area (Å²) >= 11 is 0. The molecular formula is C13H27N3O2S. The van der Waals surface area contributed by atoms with Gasteiger partial charge in [0.25, 0.3) is 10.2 Å². The van der Waals surface area contributed by atoms with Crippen molar-refractivity contribution < 1.29 is 8.42 Å². The second kappa shape index (κ2) is 7.02. The van der Waals surface area contributed by atoms with Crippen LogP contribution in [0.4, 0.5) is 0 Å². The molecular weight excluding hydrogens is 262 g/mol. The molecule has 0 bridgehead atoms. The Bertz CT molecular complexity index is 358. The van der Waals surface area contributed by atoms with E-state index in [-0.39, 0.29) is 6.04 Å². The van der Waals surface area contributed by atoms with Gasteiger partial charge in [-0.05, 0) is 25.7 Å². The Morgan fingerprint density at radius 1 is 1.00 bits per heavy atom. The monoisotopic (exact) mass is 289 g/mol. The van der Waals surface area contributed by atoms with Gasteiger partial charge in [-0.25, -0.2) is 0 Å². The van der Waals surface area contributed by atoms with Crippen molar-refractivity contribution >= 4 is 10.2 Å². The fourth-order valence-corrected chi connectivity index (χ4v) is 5.17. The highest BCUT2D eigenvalue weighted by atomic mass is 32.2. The van der Waals surface area contributed by atoms with E-state index in [0.717, 1.165) is 51.4 Å². The molecule has 1 heterocycles. The molecule has 0 aromatic rings. The standard InChI is InChI=1S/C13H27N3O2S/c14-9-12-16(13-7-3-4-8-13)19(17,18)15-10-5-1-2-6-11-15/h13H,1-12,14H2. The van der Waals surface area contributed by atoms with Crippen LogP contribution in [-0.4, -0.2) is 49.2 Å². The van der Waals surface area contributed by atoms with E-state index in [1.807, 2.05) is 0 Å². The van der Waals surface area contributed by atoms with Gasteiger partial charge in [-0.3, -0.25) is 0 Å². The summed E-state index contributed by atoms with van der Waals surface area (Å²) in [6, 6.07) is 0.178. The van der Waals surface area contributed by atoms with Crippen molar-refractivity contribution in [1.29, 1.82) is 0 Å². The van der Waals surface area contributed by atoms with Crippen molar-refractivity contribution in [3.63, 3.8) is 0 Å². The molecule has 1 saturated heterocycles. The molecule has 0 unspecified atom stereocenters. The molecule has 2 rings (SSSR count). The zero-order valence-electron chi connectivity index (χ0n) is 11.8. The average molecular weight is 289 g/mol. The maximum absolute atomic E-state index is 12.8. The molecule has 0 aromatic heterocycles. The van der Waals surface area contributed by atoms with Gasteiger partial charge in [0.2, 0.25) is 0 Å². The summed E-state index contributed by atoms with van der Waals surface area (Å²) in [5, 5.41) is 0. The van der Waals surface area contributed by atoms with Crippen molar-refractivity contribution in [3.05, 3.63) is 0 Å². The average Bonchev–Trinajstić information content (AvgIpc) is 2.76. The number of rotatable bonds is 5. The number of hydrogen-bond donors (Lipinski definition) is 1. The lowest BCUT2D eigenvalue weighted by molar-refractivity contribution is 0.289. The van der Waals surface area contributed by atoms with Gasteiger partial charge in [-0.15, -0.1) is 0 Å². The minimum atomic E-state index is -3.31. The van der Waals surface area contributed by atoms with Crippen LogP contribution in [0.1, 0.15) is 51.4 Å². The van der Waals surface area contributed by atoms with Crippen LogP contribution >= 0.6 is 0 Å². The van der Waals surface area contributed by atoms with Crippen LogP contribution in [0.25, 0.3) is 0 Å². The molecule has 2 aliphatic rings. The third kappa shape index (κ3) is 3.68. The van der Waals surface area contributed by atoms with E-state index in [0.29, 0.717) is 26.2 Å². The van der Waals surface area contributed by atoms with E-state index in [1.54, 1.807) is 8.61 Å². The SMILES string of the molecule is NCCN(C1CCCC1)S(=O)(=O)N1CCCCCC1. The first-order valence-electron chi connectivity index (χ1n) is 7.63. The van der Waals surface area contributed by atoms with Gasteiger partial charge < -0.3 is 5.73 Å². The lowest BCUT2D eigenvalue weighted by atomic mass is 10.2. The topological polar surface area (TPSA) is 66.6 Å². The second-order valence-corrected chi connectivity index (χ2v) is 7.54. The zero-order chi connectivity index (χ0) is 13.7.